The van der Waals surface area contributed by atoms with Gasteiger partial charge in [0.2, 0.25) is 0 Å². The standard InChI is InChI=1S/C14H20BrFN2/c1-9(13-7-2-10(15)8-14(13)16)18-12-5-3-11(17)4-6-12/h2,7-9,11-12,18H,3-6,17H2,1H3. The van der Waals surface area contributed by atoms with Crippen LogP contribution in [0.5, 0.6) is 0 Å². The monoisotopic (exact) mass is 314 g/mol. The second-order valence-corrected chi connectivity index (χ2v) is 6.08. The van der Waals surface area contributed by atoms with E-state index in [4.69, 9.17) is 5.73 Å². The van der Waals surface area contributed by atoms with Crippen molar-refractivity contribution >= 4 is 15.9 Å². The van der Waals surface area contributed by atoms with Crippen LogP contribution in [0.4, 0.5) is 4.39 Å². The van der Waals surface area contributed by atoms with E-state index in [1.807, 2.05) is 19.1 Å². The minimum Gasteiger partial charge on any atom is -0.328 e. The van der Waals surface area contributed by atoms with Gasteiger partial charge in [0.05, 0.1) is 0 Å². The summed E-state index contributed by atoms with van der Waals surface area (Å²) in [4.78, 5) is 0. The van der Waals surface area contributed by atoms with Crippen LogP contribution in [-0.4, -0.2) is 12.1 Å². The molecule has 0 amide bonds. The minimum atomic E-state index is -0.156. The summed E-state index contributed by atoms with van der Waals surface area (Å²) in [5.74, 6) is -0.156. The molecular formula is C14H20BrFN2. The average Bonchev–Trinajstić information content (AvgIpc) is 2.32. The first-order chi connectivity index (χ1) is 8.56. The Bertz CT molecular complexity index is 403. The minimum absolute atomic E-state index is 0.0393. The van der Waals surface area contributed by atoms with Crippen LogP contribution in [-0.2, 0) is 0 Å². The van der Waals surface area contributed by atoms with Crippen molar-refractivity contribution in [2.75, 3.05) is 0 Å². The summed E-state index contributed by atoms with van der Waals surface area (Å²) < 4.78 is 14.6. The molecular weight excluding hydrogens is 295 g/mol. The molecule has 2 rings (SSSR count). The summed E-state index contributed by atoms with van der Waals surface area (Å²) in [6.07, 6.45) is 4.30. The molecule has 0 saturated heterocycles. The number of halogens is 2. The first-order valence-electron chi connectivity index (χ1n) is 6.53. The molecule has 100 valence electrons. The number of nitrogens with two attached hydrogens (primary N) is 1. The Hall–Kier alpha value is -0.450. The lowest BCUT2D eigenvalue weighted by Gasteiger charge is -2.29. The van der Waals surface area contributed by atoms with E-state index in [1.54, 1.807) is 0 Å². The Morgan fingerprint density at radius 2 is 2.00 bits per heavy atom. The van der Waals surface area contributed by atoms with Crippen molar-refractivity contribution in [3.8, 4) is 0 Å². The first-order valence-corrected chi connectivity index (χ1v) is 7.32. The maximum Gasteiger partial charge on any atom is 0.129 e. The van der Waals surface area contributed by atoms with E-state index in [-0.39, 0.29) is 11.9 Å². The SMILES string of the molecule is CC(NC1CCC(N)CC1)c1ccc(Br)cc1F. The highest BCUT2D eigenvalue weighted by molar-refractivity contribution is 9.10. The van der Waals surface area contributed by atoms with Gasteiger partial charge in [0.25, 0.3) is 0 Å². The molecule has 0 bridgehead atoms. The normalized spacial score (nSPS) is 26.0. The summed E-state index contributed by atoms with van der Waals surface area (Å²) in [5, 5.41) is 3.51. The number of hydrogen-bond acceptors (Lipinski definition) is 2. The summed E-state index contributed by atoms with van der Waals surface area (Å²) in [7, 11) is 0. The van der Waals surface area contributed by atoms with Crippen LogP contribution < -0.4 is 11.1 Å². The highest BCUT2D eigenvalue weighted by Crippen LogP contribution is 2.24. The highest BCUT2D eigenvalue weighted by atomic mass is 79.9. The maximum absolute atomic E-state index is 13.8. The van der Waals surface area contributed by atoms with Crippen molar-refractivity contribution in [3.63, 3.8) is 0 Å². The van der Waals surface area contributed by atoms with Gasteiger partial charge in [-0.1, -0.05) is 22.0 Å². The number of nitrogens with one attached hydrogen (secondary N) is 1. The fraction of sp³-hybridized carbons (Fsp3) is 0.571. The van der Waals surface area contributed by atoms with Crippen molar-refractivity contribution < 1.29 is 4.39 Å². The van der Waals surface area contributed by atoms with E-state index in [9.17, 15) is 4.39 Å². The molecule has 18 heavy (non-hydrogen) atoms. The molecule has 3 N–H and O–H groups in total. The van der Waals surface area contributed by atoms with Crippen molar-refractivity contribution in [2.24, 2.45) is 5.73 Å². The molecule has 0 heterocycles. The molecule has 0 spiro atoms. The Kier molecular flexibility index (Phi) is 4.76. The molecule has 1 aromatic carbocycles. The molecule has 1 aliphatic carbocycles. The lowest BCUT2D eigenvalue weighted by Crippen LogP contribution is -2.38. The van der Waals surface area contributed by atoms with E-state index in [1.165, 1.54) is 6.07 Å². The Balaban J connectivity index is 1.97. The van der Waals surface area contributed by atoms with Crippen LogP contribution >= 0.6 is 15.9 Å². The van der Waals surface area contributed by atoms with E-state index >= 15 is 0 Å². The molecule has 1 fully saturated rings. The summed E-state index contributed by atoms with van der Waals surface area (Å²) >= 11 is 3.28. The lowest BCUT2D eigenvalue weighted by atomic mass is 9.91. The molecule has 1 aromatic rings. The zero-order valence-corrected chi connectivity index (χ0v) is 12.2. The summed E-state index contributed by atoms with van der Waals surface area (Å²) in [5.41, 5.74) is 6.62. The van der Waals surface area contributed by atoms with Gasteiger partial charge in [0, 0.05) is 28.2 Å². The molecule has 4 heteroatoms. The van der Waals surface area contributed by atoms with Gasteiger partial charge in [0.1, 0.15) is 5.82 Å². The third-order valence-corrected chi connectivity index (χ3v) is 4.18. The van der Waals surface area contributed by atoms with Crippen LogP contribution in [0.3, 0.4) is 0 Å². The predicted molar refractivity (Wildman–Crippen MR) is 75.9 cm³/mol. The van der Waals surface area contributed by atoms with E-state index in [0.717, 1.165) is 35.7 Å². The molecule has 1 aliphatic rings. The van der Waals surface area contributed by atoms with Crippen LogP contribution in [0, 0.1) is 5.82 Å². The topological polar surface area (TPSA) is 38.0 Å². The van der Waals surface area contributed by atoms with E-state index < -0.39 is 0 Å². The van der Waals surface area contributed by atoms with Crippen molar-refractivity contribution in [2.45, 2.75) is 50.7 Å². The summed E-state index contributed by atoms with van der Waals surface area (Å²) in [6, 6.07) is 6.09. The van der Waals surface area contributed by atoms with Gasteiger partial charge < -0.3 is 11.1 Å². The Morgan fingerprint density at radius 1 is 1.33 bits per heavy atom. The molecule has 1 saturated carbocycles. The highest BCUT2D eigenvalue weighted by Gasteiger charge is 2.21. The number of rotatable bonds is 3. The molecule has 0 radical (unpaired) electrons. The smallest absolute Gasteiger partial charge is 0.129 e. The summed E-state index contributed by atoms with van der Waals surface area (Å²) in [6.45, 7) is 2.01. The average molecular weight is 315 g/mol. The van der Waals surface area contributed by atoms with Crippen LogP contribution in [0.25, 0.3) is 0 Å². The van der Waals surface area contributed by atoms with Gasteiger partial charge in [0.15, 0.2) is 0 Å². The molecule has 1 unspecified atom stereocenters. The third-order valence-electron chi connectivity index (χ3n) is 3.69. The third kappa shape index (κ3) is 3.53. The van der Waals surface area contributed by atoms with Crippen LogP contribution in [0.15, 0.2) is 22.7 Å². The zero-order chi connectivity index (χ0) is 13.1. The van der Waals surface area contributed by atoms with Gasteiger partial charge in [-0.3, -0.25) is 0 Å². The van der Waals surface area contributed by atoms with Gasteiger partial charge in [-0.05, 0) is 44.7 Å². The fourth-order valence-corrected chi connectivity index (χ4v) is 2.92. The second-order valence-electron chi connectivity index (χ2n) is 5.17. The van der Waals surface area contributed by atoms with Crippen molar-refractivity contribution in [3.05, 3.63) is 34.1 Å². The molecule has 0 aliphatic heterocycles. The van der Waals surface area contributed by atoms with Gasteiger partial charge in [-0.2, -0.15) is 0 Å². The number of hydrogen-bond donors (Lipinski definition) is 2. The number of benzene rings is 1. The van der Waals surface area contributed by atoms with E-state index in [2.05, 4.69) is 21.2 Å². The van der Waals surface area contributed by atoms with E-state index in [0.29, 0.717) is 12.1 Å². The lowest BCUT2D eigenvalue weighted by molar-refractivity contribution is 0.319. The quantitative estimate of drug-likeness (QED) is 0.896. The Morgan fingerprint density at radius 3 is 2.61 bits per heavy atom. The predicted octanol–water partition coefficient (Wildman–Crippen LogP) is 3.51. The maximum atomic E-state index is 13.8. The van der Waals surface area contributed by atoms with Crippen molar-refractivity contribution in [1.29, 1.82) is 0 Å². The second kappa shape index (κ2) is 6.13. The van der Waals surface area contributed by atoms with Crippen molar-refractivity contribution in [1.82, 2.24) is 5.32 Å². The molecule has 1 atom stereocenters. The van der Waals surface area contributed by atoms with Crippen LogP contribution in [0.1, 0.15) is 44.2 Å². The zero-order valence-electron chi connectivity index (χ0n) is 10.6. The van der Waals surface area contributed by atoms with Gasteiger partial charge in [-0.15, -0.1) is 0 Å². The van der Waals surface area contributed by atoms with Crippen LogP contribution in [0.2, 0.25) is 0 Å². The Labute approximate surface area is 116 Å². The molecule has 0 aromatic heterocycles. The van der Waals surface area contributed by atoms with Gasteiger partial charge in [-0.25, -0.2) is 4.39 Å². The van der Waals surface area contributed by atoms with Gasteiger partial charge >= 0.3 is 0 Å². The largest absolute Gasteiger partial charge is 0.328 e. The fourth-order valence-electron chi connectivity index (χ4n) is 2.58. The first kappa shape index (κ1) is 14.0. The molecule has 2 nitrogen and oxygen atoms in total.